The molecule has 0 heterocycles. The minimum Gasteiger partial charge on any atom is -0.357 e. The molecule has 5 nitrogen and oxygen atoms in total. The quantitative estimate of drug-likeness (QED) is 0.307. The van der Waals surface area contributed by atoms with Crippen LogP contribution in [0.1, 0.15) is 37.3 Å². The van der Waals surface area contributed by atoms with E-state index in [1.54, 1.807) is 0 Å². The summed E-state index contributed by atoms with van der Waals surface area (Å²) in [7, 11) is 0. The van der Waals surface area contributed by atoms with E-state index in [-0.39, 0.29) is 35.8 Å². The maximum atomic E-state index is 12.1. The third-order valence-corrected chi connectivity index (χ3v) is 4.74. The molecule has 0 radical (unpaired) electrons. The highest BCUT2D eigenvalue weighted by atomic mass is 127. The minimum absolute atomic E-state index is 0. The molecular formula is C22H29IN4O. The van der Waals surface area contributed by atoms with Gasteiger partial charge in [0.1, 0.15) is 0 Å². The first-order valence-electron chi connectivity index (χ1n) is 9.70. The second kappa shape index (κ2) is 11.7. The van der Waals surface area contributed by atoms with Crippen LogP contribution < -0.4 is 16.0 Å². The largest absolute Gasteiger partial charge is 0.357 e. The third kappa shape index (κ3) is 6.82. The molecule has 2 aromatic carbocycles. The molecule has 0 bridgehead atoms. The van der Waals surface area contributed by atoms with E-state index in [0.717, 1.165) is 49.6 Å². The molecule has 0 atom stereocenters. The van der Waals surface area contributed by atoms with Gasteiger partial charge >= 0.3 is 0 Å². The molecule has 3 rings (SSSR count). The maximum absolute atomic E-state index is 12.1. The number of rotatable bonds is 7. The van der Waals surface area contributed by atoms with E-state index in [1.165, 1.54) is 5.56 Å². The van der Waals surface area contributed by atoms with E-state index in [1.807, 2.05) is 42.5 Å². The standard InChI is InChI=1S/C22H28N4O.HI/c1-2-23-22(24-15-17-8-4-3-5-9-17)25-16-18-10-6-13-20(14-18)26-21(27)19-11-7-12-19;/h3-6,8-10,13-14,19H,2,7,11-12,15-16H2,1H3,(H,26,27)(H2,23,24,25);1H. The van der Waals surface area contributed by atoms with Gasteiger partial charge in [0.15, 0.2) is 5.96 Å². The zero-order valence-electron chi connectivity index (χ0n) is 16.3. The fourth-order valence-corrected chi connectivity index (χ4v) is 2.96. The van der Waals surface area contributed by atoms with Crippen LogP contribution in [-0.4, -0.2) is 18.4 Å². The van der Waals surface area contributed by atoms with Gasteiger partial charge in [0.25, 0.3) is 0 Å². The van der Waals surface area contributed by atoms with E-state index in [2.05, 4.69) is 40.0 Å². The molecule has 1 aliphatic rings. The number of hydrogen-bond donors (Lipinski definition) is 3. The zero-order chi connectivity index (χ0) is 18.9. The third-order valence-electron chi connectivity index (χ3n) is 4.74. The zero-order valence-corrected chi connectivity index (χ0v) is 18.6. The topological polar surface area (TPSA) is 65.5 Å². The van der Waals surface area contributed by atoms with Gasteiger partial charge in [-0.3, -0.25) is 4.79 Å². The highest BCUT2D eigenvalue weighted by Gasteiger charge is 2.25. The fourth-order valence-electron chi connectivity index (χ4n) is 2.96. The van der Waals surface area contributed by atoms with Gasteiger partial charge < -0.3 is 16.0 Å². The van der Waals surface area contributed by atoms with Crippen molar-refractivity contribution < 1.29 is 4.79 Å². The Morgan fingerprint density at radius 3 is 2.46 bits per heavy atom. The summed E-state index contributed by atoms with van der Waals surface area (Å²) < 4.78 is 0. The van der Waals surface area contributed by atoms with Gasteiger partial charge in [0.2, 0.25) is 5.91 Å². The number of halogens is 1. The van der Waals surface area contributed by atoms with Crippen molar-refractivity contribution >= 4 is 41.5 Å². The van der Waals surface area contributed by atoms with Crippen LogP contribution in [0.2, 0.25) is 0 Å². The molecule has 0 spiro atoms. The summed E-state index contributed by atoms with van der Waals surface area (Å²) in [5.41, 5.74) is 3.13. The van der Waals surface area contributed by atoms with Crippen molar-refractivity contribution in [3.8, 4) is 0 Å². The van der Waals surface area contributed by atoms with E-state index < -0.39 is 0 Å². The highest BCUT2D eigenvalue weighted by Crippen LogP contribution is 2.27. The summed E-state index contributed by atoms with van der Waals surface area (Å²) in [6.45, 7) is 4.13. The van der Waals surface area contributed by atoms with Crippen LogP contribution in [0.4, 0.5) is 5.69 Å². The molecule has 150 valence electrons. The maximum Gasteiger partial charge on any atom is 0.227 e. The SMILES string of the molecule is CCNC(=NCc1cccc(NC(=O)C2CCC2)c1)NCc1ccccc1.I. The number of carbonyl (C=O) groups excluding carboxylic acids is 1. The Morgan fingerprint density at radius 2 is 1.79 bits per heavy atom. The highest BCUT2D eigenvalue weighted by molar-refractivity contribution is 14.0. The lowest BCUT2D eigenvalue weighted by Crippen LogP contribution is -2.36. The molecule has 0 aromatic heterocycles. The monoisotopic (exact) mass is 492 g/mol. The first kappa shape index (κ1) is 22.2. The van der Waals surface area contributed by atoms with Gasteiger partial charge in [0, 0.05) is 24.7 Å². The molecule has 1 amide bonds. The Balaban J connectivity index is 0.00000280. The Kier molecular flexibility index (Phi) is 9.27. The number of anilines is 1. The molecule has 28 heavy (non-hydrogen) atoms. The predicted molar refractivity (Wildman–Crippen MR) is 126 cm³/mol. The van der Waals surface area contributed by atoms with Crippen LogP contribution in [0, 0.1) is 5.92 Å². The first-order valence-corrected chi connectivity index (χ1v) is 9.70. The fraction of sp³-hybridized carbons (Fsp3) is 0.364. The normalized spacial score (nSPS) is 13.8. The lowest BCUT2D eigenvalue weighted by atomic mass is 9.85. The van der Waals surface area contributed by atoms with Crippen molar-refractivity contribution in [2.75, 3.05) is 11.9 Å². The molecule has 3 N–H and O–H groups in total. The number of guanidine groups is 1. The first-order chi connectivity index (χ1) is 13.2. The number of hydrogen-bond acceptors (Lipinski definition) is 2. The van der Waals surface area contributed by atoms with E-state index >= 15 is 0 Å². The van der Waals surface area contributed by atoms with Crippen molar-refractivity contribution in [1.29, 1.82) is 0 Å². The van der Waals surface area contributed by atoms with Crippen LogP contribution >= 0.6 is 24.0 Å². The van der Waals surface area contributed by atoms with Crippen LogP contribution in [0.5, 0.6) is 0 Å². The molecule has 1 aliphatic carbocycles. The minimum atomic E-state index is 0. The Labute approximate surface area is 184 Å². The van der Waals surface area contributed by atoms with Crippen molar-refractivity contribution in [2.45, 2.75) is 39.3 Å². The van der Waals surface area contributed by atoms with Gasteiger partial charge in [-0.2, -0.15) is 0 Å². The summed E-state index contributed by atoms with van der Waals surface area (Å²) in [6.07, 6.45) is 3.18. The smallest absolute Gasteiger partial charge is 0.227 e. The molecule has 0 saturated heterocycles. The number of benzene rings is 2. The van der Waals surface area contributed by atoms with Crippen LogP contribution in [0.3, 0.4) is 0 Å². The van der Waals surface area contributed by atoms with E-state index in [9.17, 15) is 4.79 Å². The lowest BCUT2D eigenvalue weighted by molar-refractivity contribution is -0.122. The summed E-state index contributed by atoms with van der Waals surface area (Å²) in [5.74, 6) is 1.11. The molecule has 1 saturated carbocycles. The number of nitrogens with zero attached hydrogens (tertiary/aromatic N) is 1. The van der Waals surface area contributed by atoms with Crippen molar-refractivity contribution in [3.05, 3.63) is 65.7 Å². The second-order valence-corrected chi connectivity index (χ2v) is 6.85. The molecule has 0 aliphatic heterocycles. The van der Waals surface area contributed by atoms with Crippen LogP contribution in [0.15, 0.2) is 59.6 Å². The molecule has 2 aromatic rings. The van der Waals surface area contributed by atoms with E-state index in [0.29, 0.717) is 6.54 Å². The summed E-state index contributed by atoms with van der Waals surface area (Å²) in [5, 5.41) is 9.65. The molecule has 0 unspecified atom stereocenters. The number of nitrogens with one attached hydrogen (secondary N) is 3. The lowest BCUT2D eigenvalue weighted by Gasteiger charge is -2.24. The van der Waals surface area contributed by atoms with Gasteiger partial charge in [-0.1, -0.05) is 48.9 Å². The number of aliphatic imine (C=N–C) groups is 1. The van der Waals surface area contributed by atoms with Crippen LogP contribution in [0.25, 0.3) is 0 Å². The Bertz CT molecular complexity index is 775. The number of carbonyl (C=O) groups is 1. The van der Waals surface area contributed by atoms with Crippen molar-refractivity contribution in [3.63, 3.8) is 0 Å². The van der Waals surface area contributed by atoms with E-state index in [4.69, 9.17) is 0 Å². The summed E-state index contributed by atoms with van der Waals surface area (Å²) in [6, 6.07) is 18.2. The average Bonchev–Trinajstić information content (AvgIpc) is 2.64. The summed E-state index contributed by atoms with van der Waals surface area (Å²) in [4.78, 5) is 16.8. The second-order valence-electron chi connectivity index (χ2n) is 6.85. The molecular weight excluding hydrogens is 463 g/mol. The van der Waals surface area contributed by atoms with Gasteiger partial charge in [-0.05, 0) is 43.0 Å². The van der Waals surface area contributed by atoms with Gasteiger partial charge in [-0.15, -0.1) is 24.0 Å². The Morgan fingerprint density at radius 1 is 1.04 bits per heavy atom. The van der Waals surface area contributed by atoms with Crippen LogP contribution in [-0.2, 0) is 17.9 Å². The van der Waals surface area contributed by atoms with Gasteiger partial charge in [-0.25, -0.2) is 4.99 Å². The average molecular weight is 492 g/mol. The van der Waals surface area contributed by atoms with Crippen molar-refractivity contribution in [2.24, 2.45) is 10.9 Å². The van der Waals surface area contributed by atoms with Crippen molar-refractivity contribution in [1.82, 2.24) is 10.6 Å². The number of amides is 1. The predicted octanol–water partition coefficient (Wildman–Crippen LogP) is 4.30. The van der Waals surface area contributed by atoms with Gasteiger partial charge in [0.05, 0.1) is 6.54 Å². The summed E-state index contributed by atoms with van der Waals surface area (Å²) >= 11 is 0. The molecule has 1 fully saturated rings. The Hall–Kier alpha value is -2.09. The molecule has 6 heteroatoms.